The summed E-state index contributed by atoms with van der Waals surface area (Å²) in [5.41, 5.74) is 1.85. The summed E-state index contributed by atoms with van der Waals surface area (Å²) in [5.74, 6) is 2.29. The summed E-state index contributed by atoms with van der Waals surface area (Å²) in [6, 6.07) is 7.50. The third-order valence-corrected chi connectivity index (χ3v) is 3.06. The number of ether oxygens (including phenoxy) is 1. The number of rotatable bonds is 4. The first kappa shape index (κ1) is 13.6. The lowest BCUT2D eigenvalue weighted by Gasteiger charge is -2.12. The fourth-order valence-electron chi connectivity index (χ4n) is 1.89. The highest BCUT2D eigenvalue weighted by atomic mass is 35.5. The van der Waals surface area contributed by atoms with Crippen LogP contribution in [0.3, 0.4) is 0 Å². The standard InChI is InChI=1S/C14H16ClN3O/c1-9-7-14(18-10(2)17-9)16-8-11-12(15)5-4-6-13(11)19-3/h4-7H,8H2,1-3H3,(H,16,17,18). The van der Waals surface area contributed by atoms with Crippen LogP contribution in [0.4, 0.5) is 5.82 Å². The molecule has 0 saturated heterocycles. The van der Waals surface area contributed by atoms with Crippen molar-refractivity contribution in [2.45, 2.75) is 20.4 Å². The van der Waals surface area contributed by atoms with E-state index in [-0.39, 0.29) is 0 Å². The average Bonchev–Trinajstić information content (AvgIpc) is 2.36. The number of benzene rings is 1. The molecule has 2 rings (SSSR count). The van der Waals surface area contributed by atoms with E-state index in [1.54, 1.807) is 7.11 Å². The van der Waals surface area contributed by atoms with Crippen LogP contribution in [-0.4, -0.2) is 17.1 Å². The molecule has 19 heavy (non-hydrogen) atoms. The van der Waals surface area contributed by atoms with Gasteiger partial charge < -0.3 is 10.1 Å². The number of aryl methyl sites for hydroxylation is 2. The number of anilines is 1. The molecule has 0 saturated carbocycles. The molecule has 0 atom stereocenters. The van der Waals surface area contributed by atoms with Crippen LogP contribution in [0.25, 0.3) is 0 Å². The van der Waals surface area contributed by atoms with Crippen molar-refractivity contribution in [1.29, 1.82) is 0 Å². The van der Waals surface area contributed by atoms with E-state index in [0.717, 1.165) is 28.6 Å². The summed E-state index contributed by atoms with van der Waals surface area (Å²) in [7, 11) is 1.63. The van der Waals surface area contributed by atoms with Crippen LogP contribution in [-0.2, 0) is 6.54 Å². The van der Waals surface area contributed by atoms with E-state index in [0.29, 0.717) is 11.6 Å². The van der Waals surface area contributed by atoms with Gasteiger partial charge in [-0.15, -0.1) is 0 Å². The van der Waals surface area contributed by atoms with Gasteiger partial charge in [-0.1, -0.05) is 17.7 Å². The lowest BCUT2D eigenvalue weighted by atomic mass is 10.2. The molecule has 5 heteroatoms. The Bertz CT molecular complexity index is 567. The van der Waals surface area contributed by atoms with Crippen LogP contribution < -0.4 is 10.1 Å². The summed E-state index contributed by atoms with van der Waals surface area (Å²) >= 11 is 6.18. The smallest absolute Gasteiger partial charge is 0.130 e. The first-order chi connectivity index (χ1) is 9.10. The van der Waals surface area contributed by atoms with Crippen molar-refractivity contribution in [3.63, 3.8) is 0 Å². The summed E-state index contributed by atoms with van der Waals surface area (Å²) < 4.78 is 5.30. The molecular formula is C14H16ClN3O. The van der Waals surface area contributed by atoms with Gasteiger partial charge in [0, 0.05) is 28.9 Å². The minimum absolute atomic E-state index is 0.554. The Kier molecular flexibility index (Phi) is 4.22. The maximum absolute atomic E-state index is 6.18. The van der Waals surface area contributed by atoms with Gasteiger partial charge in [0.1, 0.15) is 17.4 Å². The predicted octanol–water partition coefficient (Wildman–Crippen LogP) is 3.37. The zero-order chi connectivity index (χ0) is 13.8. The van der Waals surface area contributed by atoms with E-state index in [2.05, 4.69) is 15.3 Å². The Labute approximate surface area is 117 Å². The minimum atomic E-state index is 0.554. The monoisotopic (exact) mass is 277 g/mol. The van der Waals surface area contributed by atoms with E-state index < -0.39 is 0 Å². The van der Waals surface area contributed by atoms with Gasteiger partial charge in [0.25, 0.3) is 0 Å². The summed E-state index contributed by atoms with van der Waals surface area (Å²) in [6.07, 6.45) is 0. The van der Waals surface area contributed by atoms with Gasteiger partial charge in [0.05, 0.1) is 7.11 Å². The highest BCUT2D eigenvalue weighted by Crippen LogP contribution is 2.26. The molecule has 4 nitrogen and oxygen atoms in total. The maximum Gasteiger partial charge on any atom is 0.130 e. The topological polar surface area (TPSA) is 47.0 Å². The predicted molar refractivity (Wildman–Crippen MR) is 76.8 cm³/mol. The molecule has 0 aliphatic heterocycles. The molecule has 0 amide bonds. The Morgan fingerprint density at radius 2 is 2.05 bits per heavy atom. The summed E-state index contributed by atoms with van der Waals surface area (Å²) in [4.78, 5) is 8.57. The molecule has 100 valence electrons. The third kappa shape index (κ3) is 3.35. The van der Waals surface area contributed by atoms with Gasteiger partial charge in [-0.25, -0.2) is 9.97 Å². The number of aromatic nitrogens is 2. The van der Waals surface area contributed by atoms with Crippen molar-refractivity contribution in [3.8, 4) is 5.75 Å². The molecule has 2 aromatic rings. The second kappa shape index (κ2) is 5.89. The molecule has 0 fully saturated rings. The number of halogens is 1. The van der Waals surface area contributed by atoms with E-state index in [1.165, 1.54) is 0 Å². The van der Waals surface area contributed by atoms with Crippen LogP contribution in [0.15, 0.2) is 24.3 Å². The average molecular weight is 278 g/mol. The summed E-state index contributed by atoms with van der Waals surface area (Å²) in [6.45, 7) is 4.36. The van der Waals surface area contributed by atoms with Crippen LogP contribution in [0.5, 0.6) is 5.75 Å². The Morgan fingerprint density at radius 1 is 1.26 bits per heavy atom. The number of nitrogens with one attached hydrogen (secondary N) is 1. The van der Waals surface area contributed by atoms with Crippen LogP contribution in [0.2, 0.25) is 5.02 Å². The van der Waals surface area contributed by atoms with Crippen LogP contribution in [0, 0.1) is 13.8 Å². The Hall–Kier alpha value is -1.81. The SMILES string of the molecule is COc1cccc(Cl)c1CNc1cc(C)nc(C)n1. The second-order valence-corrected chi connectivity index (χ2v) is 4.62. The molecule has 0 radical (unpaired) electrons. The lowest BCUT2D eigenvalue weighted by molar-refractivity contribution is 0.410. The molecular weight excluding hydrogens is 262 g/mol. The minimum Gasteiger partial charge on any atom is -0.496 e. The largest absolute Gasteiger partial charge is 0.496 e. The molecule has 1 aromatic carbocycles. The van der Waals surface area contributed by atoms with Crippen LogP contribution in [0.1, 0.15) is 17.1 Å². The van der Waals surface area contributed by atoms with E-state index in [9.17, 15) is 0 Å². The number of hydrogen-bond acceptors (Lipinski definition) is 4. The summed E-state index contributed by atoms with van der Waals surface area (Å²) in [5, 5.41) is 3.92. The van der Waals surface area contributed by atoms with Crippen molar-refractivity contribution < 1.29 is 4.74 Å². The van der Waals surface area contributed by atoms with Crippen LogP contribution >= 0.6 is 11.6 Å². The Morgan fingerprint density at radius 3 is 2.74 bits per heavy atom. The fourth-order valence-corrected chi connectivity index (χ4v) is 2.12. The number of methoxy groups -OCH3 is 1. The molecule has 1 heterocycles. The first-order valence-corrected chi connectivity index (χ1v) is 6.35. The molecule has 1 aromatic heterocycles. The van der Waals surface area contributed by atoms with Gasteiger partial charge in [0.15, 0.2) is 0 Å². The highest BCUT2D eigenvalue weighted by molar-refractivity contribution is 6.31. The zero-order valence-corrected chi connectivity index (χ0v) is 12.0. The molecule has 0 aliphatic carbocycles. The number of nitrogens with zero attached hydrogens (tertiary/aromatic N) is 2. The number of hydrogen-bond donors (Lipinski definition) is 1. The van der Waals surface area contributed by atoms with Crippen molar-refractivity contribution in [1.82, 2.24) is 9.97 Å². The lowest BCUT2D eigenvalue weighted by Crippen LogP contribution is -2.05. The van der Waals surface area contributed by atoms with Gasteiger partial charge in [-0.2, -0.15) is 0 Å². The zero-order valence-electron chi connectivity index (χ0n) is 11.2. The molecule has 0 bridgehead atoms. The first-order valence-electron chi connectivity index (χ1n) is 5.97. The quantitative estimate of drug-likeness (QED) is 0.931. The van der Waals surface area contributed by atoms with Crippen molar-refractivity contribution in [2.24, 2.45) is 0 Å². The second-order valence-electron chi connectivity index (χ2n) is 4.22. The van der Waals surface area contributed by atoms with Crippen molar-refractivity contribution in [2.75, 3.05) is 12.4 Å². The van der Waals surface area contributed by atoms with Crippen molar-refractivity contribution in [3.05, 3.63) is 46.4 Å². The maximum atomic E-state index is 6.18. The van der Waals surface area contributed by atoms with Crippen molar-refractivity contribution >= 4 is 17.4 Å². The molecule has 0 unspecified atom stereocenters. The van der Waals surface area contributed by atoms with E-state index >= 15 is 0 Å². The molecule has 0 spiro atoms. The van der Waals surface area contributed by atoms with Gasteiger partial charge in [0.2, 0.25) is 0 Å². The van der Waals surface area contributed by atoms with E-state index in [1.807, 2.05) is 38.1 Å². The molecule has 0 aliphatic rings. The highest BCUT2D eigenvalue weighted by Gasteiger charge is 2.08. The van der Waals surface area contributed by atoms with Gasteiger partial charge in [-0.05, 0) is 26.0 Å². The van der Waals surface area contributed by atoms with Gasteiger partial charge >= 0.3 is 0 Å². The third-order valence-electron chi connectivity index (χ3n) is 2.71. The van der Waals surface area contributed by atoms with Gasteiger partial charge in [-0.3, -0.25) is 0 Å². The normalized spacial score (nSPS) is 10.3. The fraction of sp³-hybridized carbons (Fsp3) is 0.286. The Balaban J connectivity index is 2.18. The van der Waals surface area contributed by atoms with E-state index in [4.69, 9.17) is 16.3 Å². The molecule has 1 N–H and O–H groups in total.